The van der Waals surface area contributed by atoms with Crippen LogP contribution in [0.25, 0.3) is 0 Å². The lowest BCUT2D eigenvalue weighted by molar-refractivity contribution is -0.130. The number of rotatable bonds is 2. The van der Waals surface area contributed by atoms with Crippen molar-refractivity contribution in [3.05, 3.63) is 35.9 Å². The van der Waals surface area contributed by atoms with Crippen LogP contribution in [0.1, 0.15) is 38.2 Å². The highest BCUT2D eigenvalue weighted by Crippen LogP contribution is 2.31. The molecule has 2 aliphatic rings. The van der Waals surface area contributed by atoms with Crippen LogP contribution in [-0.4, -0.2) is 40.9 Å². The van der Waals surface area contributed by atoms with Crippen molar-refractivity contribution in [3.63, 3.8) is 0 Å². The van der Waals surface area contributed by atoms with Crippen molar-refractivity contribution in [1.29, 1.82) is 0 Å². The highest BCUT2D eigenvalue weighted by Gasteiger charge is 2.39. The standard InChI is InChI=1S/C17H24N2O/c1-14(20)19-12-10-16-17(19)9-5-6-11-18(16)13-15-7-3-2-4-8-15/h2-4,7-8,16-17H,5-6,9-13H2,1H3. The molecule has 0 saturated carbocycles. The topological polar surface area (TPSA) is 23.6 Å². The van der Waals surface area contributed by atoms with Crippen LogP contribution < -0.4 is 0 Å². The summed E-state index contributed by atoms with van der Waals surface area (Å²) in [5.41, 5.74) is 1.38. The Morgan fingerprint density at radius 2 is 1.90 bits per heavy atom. The number of hydrogen-bond acceptors (Lipinski definition) is 2. The summed E-state index contributed by atoms with van der Waals surface area (Å²) >= 11 is 0. The molecule has 1 aromatic carbocycles. The summed E-state index contributed by atoms with van der Waals surface area (Å²) in [6.07, 6.45) is 4.81. The van der Waals surface area contributed by atoms with Crippen LogP contribution in [0.4, 0.5) is 0 Å². The van der Waals surface area contributed by atoms with Crippen molar-refractivity contribution in [3.8, 4) is 0 Å². The average Bonchev–Trinajstić information content (AvgIpc) is 2.78. The highest BCUT2D eigenvalue weighted by molar-refractivity contribution is 5.74. The molecule has 0 bridgehead atoms. The fourth-order valence-corrected chi connectivity index (χ4v) is 3.85. The second-order valence-corrected chi connectivity index (χ2v) is 6.09. The van der Waals surface area contributed by atoms with Crippen molar-refractivity contribution in [2.75, 3.05) is 13.1 Å². The van der Waals surface area contributed by atoms with Crippen LogP contribution in [0.5, 0.6) is 0 Å². The second-order valence-electron chi connectivity index (χ2n) is 6.09. The number of likely N-dealkylation sites (tertiary alicyclic amines) is 2. The summed E-state index contributed by atoms with van der Waals surface area (Å²) in [7, 11) is 0. The first kappa shape index (κ1) is 13.6. The van der Waals surface area contributed by atoms with E-state index in [0.717, 1.165) is 19.5 Å². The number of fused-ring (bicyclic) bond motifs is 1. The maximum absolute atomic E-state index is 11.8. The molecule has 0 radical (unpaired) electrons. The first-order valence-electron chi connectivity index (χ1n) is 7.81. The molecule has 0 aliphatic carbocycles. The molecule has 20 heavy (non-hydrogen) atoms. The van der Waals surface area contributed by atoms with Gasteiger partial charge in [-0.05, 0) is 31.4 Å². The quantitative estimate of drug-likeness (QED) is 0.826. The fraction of sp³-hybridized carbons (Fsp3) is 0.588. The normalized spacial score (nSPS) is 27.1. The molecule has 3 nitrogen and oxygen atoms in total. The summed E-state index contributed by atoms with van der Waals surface area (Å²) in [6, 6.07) is 11.7. The first-order valence-corrected chi connectivity index (χ1v) is 7.81. The minimum Gasteiger partial charge on any atom is -0.338 e. The van der Waals surface area contributed by atoms with Gasteiger partial charge in [0.15, 0.2) is 0 Å². The molecule has 2 aliphatic heterocycles. The third-order valence-electron chi connectivity index (χ3n) is 4.81. The molecule has 2 fully saturated rings. The van der Waals surface area contributed by atoms with Crippen LogP contribution in [0.3, 0.4) is 0 Å². The summed E-state index contributed by atoms with van der Waals surface area (Å²) in [5, 5.41) is 0. The van der Waals surface area contributed by atoms with Gasteiger partial charge in [-0.2, -0.15) is 0 Å². The van der Waals surface area contributed by atoms with Gasteiger partial charge in [0.25, 0.3) is 0 Å². The van der Waals surface area contributed by atoms with Crippen molar-refractivity contribution in [2.45, 2.75) is 51.2 Å². The molecule has 1 amide bonds. The van der Waals surface area contributed by atoms with E-state index in [0.29, 0.717) is 12.1 Å². The Kier molecular flexibility index (Phi) is 4.06. The molecular weight excluding hydrogens is 248 g/mol. The first-order chi connectivity index (χ1) is 9.75. The lowest BCUT2D eigenvalue weighted by atomic mass is 10.0. The Morgan fingerprint density at radius 1 is 1.10 bits per heavy atom. The van der Waals surface area contributed by atoms with E-state index >= 15 is 0 Å². The van der Waals surface area contributed by atoms with Gasteiger partial charge in [-0.1, -0.05) is 36.8 Å². The summed E-state index contributed by atoms with van der Waals surface area (Å²) < 4.78 is 0. The van der Waals surface area contributed by atoms with Gasteiger partial charge in [0, 0.05) is 32.1 Å². The maximum Gasteiger partial charge on any atom is 0.219 e. The van der Waals surface area contributed by atoms with E-state index in [4.69, 9.17) is 0 Å². The van der Waals surface area contributed by atoms with Gasteiger partial charge >= 0.3 is 0 Å². The molecule has 2 unspecified atom stereocenters. The minimum atomic E-state index is 0.249. The monoisotopic (exact) mass is 272 g/mol. The molecule has 3 heteroatoms. The van der Waals surface area contributed by atoms with E-state index in [2.05, 4.69) is 40.1 Å². The largest absolute Gasteiger partial charge is 0.338 e. The van der Waals surface area contributed by atoms with Crippen molar-refractivity contribution in [2.24, 2.45) is 0 Å². The van der Waals surface area contributed by atoms with Gasteiger partial charge < -0.3 is 4.90 Å². The number of amides is 1. The van der Waals surface area contributed by atoms with Crippen molar-refractivity contribution in [1.82, 2.24) is 9.80 Å². The molecule has 0 N–H and O–H groups in total. The zero-order valence-corrected chi connectivity index (χ0v) is 12.3. The maximum atomic E-state index is 11.8. The Balaban J connectivity index is 1.75. The Bertz CT molecular complexity index is 459. The van der Waals surface area contributed by atoms with Crippen LogP contribution in [0.2, 0.25) is 0 Å². The lowest BCUT2D eigenvalue weighted by Crippen LogP contribution is -2.44. The predicted molar refractivity (Wildman–Crippen MR) is 80.3 cm³/mol. The average molecular weight is 272 g/mol. The SMILES string of the molecule is CC(=O)N1CCC2C1CCCCN2Cc1ccccc1. The number of carbonyl (C=O) groups excluding carboxylic acids is 1. The van der Waals surface area contributed by atoms with Crippen LogP contribution in [0, 0.1) is 0 Å². The van der Waals surface area contributed by atoms with Gasteiger partial charge in [0.1, 0.15) is 0 Å². The van der Waals surface area contributed by atoms with E-state index in [-0.39, 0.29) is 5.91 Å². The van der Waals surface area contributed by atoms with Crippen LogP contribution in [-0.2, 0) is 11.3 Å². The molecule has 2 heterocycles. The number of hydrogen-bond donors (Lipinski definition) is 0. The highest BCUT2D eigenvalue weighted by atomic mass is 16.2. The third-order valence-corrected chi connectivity index (χ3v) is 4.81. The smallest absolute Gasteiger partial charge is 0.219 e. The molecule has 3 rings (SSSR count). The van der Waals surface area contributed by atoms with Gasteiger partial charge in [0.2, 0.25) is 5.91 Å². The van der Waals surface area contributed by atoms with Gasteiger partial charge in [-0.25, -0.2) is 0 Å². The van der Waals surface area contributed by atoms with Crippen LogP contribution in [0.15, 0.2) is 30.3 Å². The minimum absolute atomic E-state index is 0.249. The predicted octanol–water partition coefficient (Wildman–Crippen LogP) is 2.66. The van der Waals surface area contributed by atoms with E-state index in [9.17, 15) is 4.79 Å². The van der Waals surface area contributed by atoms with E-state index in [1.165, 1.54) is 31.4 Å². The summed E-state index contributed by atoms with van der Waals surface area (Å²) in [4.78, 5) is 16.5. The Hall–Kier alpha value is -1.35. The zero-order valence-electron chi connectivity index (χ0n) is 12.3. The molecule has 2 atom stereocenters. The lowest BCUT2D eigenvalue weighted by Gasteiger charge is -2.32. The molecule has 0 aromatic heterocycles. The van der Waals surface area contributed by atoms with Gasteiger partial charge in [-0.15, -0.1) is 0 Å². The summed E-state index contributed by atoms with van der Waals surface area (Å²) in [5.74, 6) is 0.249. The van der Waals surface area contributed by atoms with Crippen molar-refractivity contribution >= 4 is 5.91 Å². The molecule has 0 spiro atoms. The van der Waals surface area contributed by atoms with E-state index < -0.39 is 0 Å². The van der Waals surface area contributed by atoms with Gasteiger partial charge in [0.05, 0.1) is 0 Å². The Labute approximate surface area is 121 Å². The van der Waals surface area contributed by atoms with Crippen molar-refractivity contribution < 1.29 is 4.79 Å². The van der Waals surface area contributed by atoms with Crippen LogP contribution >= 0.6 is 0 Å². The second kappa shape index (κ2) is 5.96. The van der Waals surface area contributed by atoms with E-state index in [1.807, 2.05) is 0 Å². The number of carbonyl (C=O) groups is 1. The number of nitrogens with zero attached hydrogens (tertiary/aromatic N) is 2. The Morgan fingerprint density at radius 3 is 2.65 bits per heavy atom. The van der Waals surface area contributed by atoms with Gasteiger partial charge in [-0.3, -0.25) is 9.69 Å². The third kappa shape index (κ3) is 2.73. The fourth-order valence-electron chi connectivity index (χ4n) is 3.85. The summed E-state index contributed by atoms with van der Waals surface area (Å²) in [6.45, 7) is 4.85. The number of benzene rings is 1. The zero-order chi connectivity index (χ0) is 13.9. The van der Waals surface area contributed by atoms with E-state index in [1.54, 1.807) is 6.92 Å². The molecule has 108 valence electrons. The molecular formula is C17H24N2O. The molecule has 1 aromatic rings. The molecule has 2 saturated heterocycles.